The van der Waals surface area contributed by atoms with Crippen LogP contribution >= 0.6 is 0 Å². The van der Waals surface area contributed by atoms with Crippen molar-refractivity contribution in [1.82, 2.24) is 24.7 Å². The van der Waals surface area contributed by atoms with Crippen molar-refractivity contribution in [2.75, 3.05) is 5.32 Å². The lowest BCUT2D eigenvalue weighted by atomic mass is 10.1. The molecule has 6 heteroatoms. The molecule has 0 amide bonds. The van der Waals surface area contributed by atoms with Gasteiger partial charge in [-0.25, -0.2) is 14.6 Å². The van der Waals surface area contributed by atoms with E-state index in [1.165, 1.54) is 0 Å². The molecule has 6 nitrogen and oxygen atoms in total. The number of nitrogens with one attached hydrogen (secondary N) is 1. The highest BCUT2D eigenvalue weighted by atomic mass is 15.3. The van der Waals surface area contributed by atoms with E-state index in [0.717, 1.165) is 40.4 Å². The first-order valence-electron chi connectivity index (χ1n) is 9.35. The van der Waals surface area contributed by atoms with Gasteiger partial charge in [-0.2, -0.15) is 5.10 Å². The van der Waals surface area contributed by atoms with E-state index in [0.29, 0.717) is 12.4 Å². The molecule has 0 aliphatic heterocycles. The van der Waals surface area contributed by atoms with Gasteiger partial charge in [0.1, 0.15) is 5.82 Å². The van der Waals surface area contributed by atoms with Crippen LogP contribution in [0.1, 0.15) is 23.9 Å². The summed E-state index contributed by atoms with van der Waals surface area (Å²) < 4.78 is 1.91. The molecule has 0 unspecified atom stereocenters. The highest BCUT2D eigenvalue weighted by Crippen LogP contribution is 2.20. The molecule has 0 bridgehead atoms. The van der Waals surface area contributed by atoms with E-state index in [4.69, 9.17) is 4.98 Å². The van der Waals surface area contributed by atoms with Crippen LogP contribution < -0.4 is 5.32 Å². The highest BCUT2D eigenvalue weighted by molar-refractivity contribution is 5.57. The zero-order valence-electron chi connectivity index (χ0n) is 16.0. The SMILES string of the molecule is CCc1cc(NCc2ccccc2-n2ccc(C)n2)nc(-c2ccncc2)n1. The van der Waals surface area contributed by atoms with Crippen molar-refractivity contribution in [3.05, 3.63) is 84.1 Å². The molecule has 0 saturated heterocycles. The van der Waals surface area contributed by atoms with Crippen molar-refractivity contribution >= 4 is 5.82 Å². The summed E-state index contributed by atoms with van der Waals surface area (Å²) in [6.07, 6.45) is 6.34. The minimum absolute atomic E-state index is 0.644. The van der Waals surface area contributed by atoms with E-state index in [1.807, 2.05) is 54.2 Å². The fourth-order valence-electron chi connectivity index (χ4n) is 3.02. The van der Waals surface area contributed by atoms with E-state index in [9.17, 15) is 0 Å². The Bertz CT molecular complexity index is 1070. The van der Waals surface area contributed by atoms with E-state index >= 15 is 0 Å². The van der Waals surface area contributed by atoms with Crippen LogP contribution in [0.3, 0.4) is 0 Å². The lowest BCUT2D eigenvalue weighted by molar-refractivity contribution is 0.847. The van der Waals surface area contributed by atoms with Crippen molar-refractivity contribution in [1.29, 1.82) is 0 Å². The minimum Gasteiger partial charge on any atom is -0.366 e. The number of pyridine rings is 1. The van der Waals surface area contributed by atoms with Crippen molar-refractivity contribution in [3.8, 4) is 17.1 Å². The standard InChI is InChI=1S/C22H22N6/c1-3-19-14-21(26-22(25-19)17-8-11-23-12-9-17)24-15-18-6-4-5-7-20(18)28-13-10-16(2)27-28/h4-14H,3,15H2,1-2H3,(H,24,25,26). The molecule has 3 heterocycles. The van der Waals surface area contributed by atoms with E-state index in [-0.39, 0.29) is 0 Å². The Kier molecular flexibility index (Phi) is 5.10. The Hall–Kier alpha value is -3.54. The highest BCUT2D eigenvalue weighted by Gasteiger charge is 2.09. The quantitative estimate of drug-likeness (QED) is 0.551. The number of benzene rings is 1. The number of nitrogens with zero attached hydrogens (tertiary/aromatic N) is 5. The van der Waals surface area contributed by atoms with Crippen LogP contribution in [0.5, 0.6) is 0 Å². The van der Waals surface area contributed by atoms with Crippen molar-refractivity contribution in [3.63, 3.8) is 0 Å². The monoisotopic (exact) mass is 370 g/mol. The van der Waals surface area contributed by atoms with Gasteiger partial charge in [-0.15, -0.1) is 0 Å². The van der Waals surface area contributed by atoms with Crippen LogP contribution in [0.25, 0.3) is 17.1 Å². The molecule has 3 aromatic heterocycles. The third-order valence-corrected chi connectivity index (χ3v) is 4.50. The maximum absolute atomic E-state index is 4.70. The van der Waals surface area contributed by atoms with Gasteiger partial charge in [0.15, 0.2) is 5.82 Å². The summed E-state index contributed by atoms with van der Waals surface area (Å²) in [5, 5.41) is 7.99. The van der Waals surface area contributed by atoms with Crippen LogP contribution in [0.2, 0.25) is 0 Å². The second kappa shape index (κ2) is 8.00. The summed E-state index contributed by atoms with van der Waals surface area (Å²) in [6, 6.07) is 16.1. The summed E-state index contributed by atoms with van der Waals surface area (Å²) in [6.45, 7) is 4.73. The molecule has 0 radical (unpaired) electrons. The molecule has 1 N–H and O–H groups in total. The van der Waals surface area contributed by atoms with Gasteiger partial charge in [0, 0.05) is 42.5 Å². The Morgan fingerprint density at radius 1 is 1.00 bits per heavy atom. The molecule has 28 heavy (non-hydrogen) atoms. The smallest absolute Gasteiger partial charge is 0.161 e. The summed E-state index contributed by atoms with van der Waals surface area (Å²) in [4.78, 5) is 13.4. The fraction of sp³-hybridized carbons (Fsp3) is 0.182. The number of rotatable bonds is 6. The zero-order valence-corrected chi connectivity index (χ0v) is 16.0. The number of aryl methyl sites for hydroxylation is 2. The first-order valence-corrected chi connectivity index (χ1v) is 9.35. The molecular formula is C22H22N6. The molecule has 140 valence electrons. The number of aromatic nitrogens is 5. The number of anilines is 1. The van der Waals surface area contributed by atoms with E-state index in [1.54, 1.807) is 12.4 Å². The van der Waals surface area contributed by atoms with Crippen LogP contribution in [0.4, 0.5) is 5.82 Å². The van der Waals surface area contributed by atoms with Crippen LogP contribution in [-0.2, 0) is 13.0 Å². The van der Waals surface area contributed by atoms with Gasteiger partial charge in [0.2, 0.25) is 0 Å². The van der Waals surface area contributed by atoms with Gasteiger partial charge < -0.3 is 5.32 Å². The predicted molar refractivity (Wildman–Crippen MR) is 110 cm³/mol. The average molecular weight is 370 g/mol. The Labute approximate surface area is 164 Å². The van der Waals surface area contributed by atoms with Crippen molar-refractivity contribution in [2.24, 2.45) is 0 Å². The molecule has 0 fully saturated rings. The largest absolute Gasteiger partial charge is 0.366 e. The van der Waals surface area contributed by atoms with Gasteiger partial charge >= 0.3 is 0 Å². The number of hydrogen-bond acceptors (Lipinski definition) is 5. The molecule has 1 aromatic carbocycles. The lowest BCUT2D eigenvalue weighted by Crippen LogP contribution is -2.08. The van der Waals surface area contributed by atoms with Gasteiger partial charge in [-0.1, -0.05) is 25.1 Å². The Morgan fingerprint density at radius 3 is 2.57 bits per heavy atom. The maximum Gasteiger partial charge on any atom is 0.161 e. The summed E-state index contributed by atoms with van der Waals surface area (Å²) in [7, 11) is 0. The summed E-state index contributed by atoms with van der Waals surface area (Å²) in [5.41, 5.74) is 5.16. The topological polar surface area (TPSA) is 68.5 Å². The molecule has 0 spiro atoms. The fourth-order valence-corrected chi connectivity index (χ4v) is 3.02. The predicted octanol–water partition coefficient (Wildman–Crippen LogP) is 4.21. The van der Waals surface area contributed by atoms with Gasteiger partial charge in [-0.3, -0.25) is 4.98 Å². The van der Waals surface area contributed by atoms with Crippen LogP contribution in [-0.4, -0.2) is 24.7 Å². The lowest BCUT2D eigenvalue weighted by Gasteiger charge is -2.12. The molecule has 4 aromatic rings. The van der Waals surface area contributed by atoms with Crippen LogP contribution in [0.15, 0.2) is 67.1 Å². The van der Waals surface area contributed by atoms with Gasteiger partial charge in [0.25, 0.3) is 0 Å². The average Bonchev–Trinajstić information content (AvgIpc) is 3.19. The van der Waals surface area contributed by atoms with Gasteiger partial charge in [0.05, 0.1) is 11.4 Å². The Balaban J connectivity index is 1.61. The summed E-state index contributed by atoms with van der Waals surface area (Å²) >= 11 is 0. The normalized spacial score (nSPS) is 10.8. The second-order valence-corrected chi connectivity index (χ2v) is 6.54. The van der Waals surface area contributed by atoms with E-state index in [2.05, 4.69) is 39.4 Å². The third-order valence-electron chi connectivity index (χ3n) is 4.50. The molecule has 0 aliphatic rings. The number of hydrogen-bond donors (Lipinski definition) is 1. The molecular weight excluding hydrogens is 348 g/mol. The number of para-hydroxylation sites is 1. The molecule has 0 aliphatic carbocycles. The van der Waals surface area contributed by atoms with Crippen molar-refractivity contribution < 1.29 is 0 Å². The minimum atomic E-state index is 0.644. The maximum atomic E-state index is 4.70. The first-order chi connectivity index (χ1) is 13.7. The molecule has 0 atom stereocenters. The van der Waals surface area contributed by atoms with Crippen molar-refractivity contribution in [2.45, 2.75) is 26.8 Å². The Morgan fingerprint density at radius 2 is 1.82 bits per heavy atom. The summed E-state index contributed by atoms with van der Waals surface area (Å²) in [5.74, 6) is 1.52. The van der Waals surface area contributed by atoms with E-state index < -0.39 is 0 Å². The van der Waals surface area contributed by atoms with Crippen LogP contribution in [0, 0.1) is 6.92 Å². The third kappa shape index (κ3) is 3.91. The second-order valence-electron chi connectivity index (χ2n) is 6.54. The molecule has 0 saturated carbocycles. The van der Waals surface area contributed by atoms with Gasteiger partial charge in [-0.05, 0) is 43.2 Å². The first kappa shape index (κ1) is 17.9. The molecule has 4 rings (SSSR count). The zero-order chi connectivity index (χ0) is 19.3.